The number of hydrogen-bond donors (Lipinski definition) is 0. The molecule has 0 bridgehead atoms. The van der Waals surface area contributed by atoms with Gasteiger partial charge in [0.05, 0.1) is 0 Å². The van der Waals surface area contributed by atoms with Gasteiger partial charge in [-0.2, -0.15) is 0 Å². The minimum atomic E-state index is -0.00269. The van der Waals surface area contributed by atoms with E-state index in [1.54, 1.807) is 4.90 Å². The number of amides is 1. The molecule has 0 aromatic heterocycles. The zero-order chi connectivity index (χ0) is 13.8. The first-order chi connectivity index (χ1) is 9.11. The van der Waals surface area contributed by atoms with Gasteiger partial charge in [-0.25, -0.2) is 0 Å². The molecule has 6 heteroatoms. The van der Waals surface area contributed by atoms with Gasteiger partial charge in [0, 0.05) is 48.3 Å². The predicted molar refractivity (Wildman–Crippen MR) is 79.0 cm³/mol. The normalized spacial score (nSPS) is 16.7. The highest BCUT2D eigenvalue weighted by atomic mass is 35.5. The summed E-state index contributed by atoms with van der Waals surface area (Å²) in [6, 6.07) is 5.53. The molecule has 0 atom stereocenters. The van der Waals surface area contributed by atoms with E-state index < -0.39 is 0 Å². The second-order valence-electron chi connectivity index (χ2n) is 4.49. The molecule has 0 spiro atoms. The van der Waals surface area contributed by atoms with E-state index in [1.807, 2.05) is 18.2 Å². The van der Waals surface area contributed by atoms with Gasteiger partial charge in [0.25, 0.3) is 0 Å². The second-order valence-corrected chi connectivity index (χ2v) is 5.57. The number of hydrogen-bond acceptors (Lipinski definition) is 2. The summed E-state index contributed by atoms with van der Waals surface area (Å²) < 4.78 is 0. The lowest BCUT2D eigenvalue weighted by molar-refractivity contribution is -0.130. The number of alkyl halides is 1. The summed E-state index contributed by atoms with van der Waals surface area (Å²) >= 11 is 17.9. The number of benzene rings is 1. The molecule has 19 heavy (non-hydrogen) atoms. The van der Waals surface area contributed by atoms with Crippen LogP contribution in [-0.2, 0) is 11.3 Å². The van der Waals surface area contributed by atoms with Crippen LogP contribution in [0.4, 0.5) is 0 Å². The van der Waals surface area contributed by atoms with Crippen molar-refractivity contribution in [1.82, 2.24) is 9.80 Å². The molecule has 104 valence electrons. The fourth-order valence-electron chi connectivity index (χ4n) is 2.15. The molecule has 3 nitrogen and oxygen atoms in total. The van der Waals surface area contributed by atoms with Crippen molar-refractivity contribution in [1.29, 1.82) is 0 Å². The quantitative estimate of drug-likeness (QED) is 0.799. The molecule has 0 radical (unpaired) electrons. The van der Waals surface area contributed by atoms with Crippen molar-refractivity contribution in [2.24, 2.45) is 0 Å². The van der Waals surface area contributed by atoms with Gasteiger partial charge in [0.2, 0.25) is 5.91 Å². The molecule has 1 saturated heterocycles. The molecule has 1 fully saturated rings. The highest BCUT2D eigenvalue weighted by molar-refractivity contribution is 6.35. The van der Waals surface area contributed by atoms with Gasteiger partial charge in [-0.3, -0.25) is 9.69 Å². The van der Waals surface area contributed by atoms with E-state index >= 15 is 0 Å². The maximum absolute atomic E-state index is 11.5. The van der Waals surface area contributed by atoms with Crippen LogP contribution in [0, 0.1) is 0 Å². The minimum absolute atomic E-state index is 0.00269. The minimum Gasteiger partial charge on any atom is -0.339 e. The lowest BCUT2D eigenvalue weighted by atomic mass is 10.2. The largest absolute Gasteiger partial charge is 0.339 e. The molecule has 1 amide bonds. The molecule has 0 unspecified atom stereocenters. The lowest BCUT2D eigenvalue weighted by Crippen LogP contribution is -2.48. The zero-order valence-corrected chi connectivity index (χ0v) is 12.7. The number of rotatable bonds is 3. The highest BCUT2D eigenvalue weighted by Crippen LogP contribution is 2.26. The third-order valence-electron chi connectivity index (χ3n) is 3.28. The molecule has 1 heterocycles. The molecule has 1 aromatic carbocycles. The van der Waals surface area contributed by atoms with Crippen molar-refractivity contribution in [2.45, 2.75) is 6.54 Å². The van der Waals surface area contributed by atoms with Crippen LogP contribution in [0.25, 0.3) is 0 Å². The maximum Gasteiger partial charge on any atom is 0.237 e. The van der Waals surface area contributed by atoms with Crippen LogP contribution in [0.1, 0.15) is 5.56 Å². The molecular weight excluding hydrogens is 307 g/mol. The van der Waals surface area contributed by atoms with Crippen LogP contribution in [-0.4, -0.2) is 47.8 Å². The average molecular weight is 322 g/mol. The third-order valence-corrected chi connectivity index (χ3v) is 4.22. The number of piperazine rings is 1. The van der Waals surface area contributed by atoms with E-state index in [4.69, 9.17) is 34.8 Å². The van der Waals surface area contributed by atoms with Gasteiger partial charge >= 0.3 is 0 Å². The van der Waals surface area contributed by atoms with Gasteiger partial charge in [-0.15, -0.1) is 11.6 Å². The summed E-state index contributed by atoms with van der Waals surface area (Å²) in [5, 5.41) is 1.37. The highest BCUT2D eigenvalue weighted by Gasteiger charge is 2.21. The molecular formula is C13H15Cl3N2O. The summed E-state index contributed by atoms with van der Waals surface area (Å²) in [7, 11) is 0. The smallest absolute Gasteiger partial charge is 0.237 e. The topological polar surface area (TPSA) is 23.6 Å². The summed E-state index contributed by atoms with van der Waals surface area (Å²) in [5.41, 5.74) is 0.947. The molecule has 1 aromatic rings. The number of carbonyl (C=O) groups excluding carboxylic acids is 1. The Morgan fingerprint density at radius 2 is 1.68 bits per heavy atom. The maximum atomic E-state index is 11.5. The van der Waals surface area contributed by atoms with E-state index in [2.05, 4.69) is 4.90 Å². The van der Waals surface area contributed by atoms with Gasteiger partial charge in [0.1, 0.15) is 5.88 Å². The molecule has 0 aliphatic carbocycles. The fourth-order valence-corrected chi connectivity index (χ4v) is 2.83. The van der Waals surface area contributed by atoms with Crippen molar-refractivity contribution in [3.05, 3.63) is 33.8 Å². The Hall–Kier alpha value is -0.480. The molecule has 1 aliphatic heterocycles. The van der Waals surface area contributed by atoms with E-state index in [0.29, 0.717) is 29.7 Å². The van der Waals surface area contributed by atoms with E-state index in [0.717, 1.165) is 18.7 Å². The molecule has 0 N–H and O–H groups in total. The van der Waals surface area contributed by atoms with Crippen molar-refractivity contribution in [3.8, 4) is 0 Å². The lowest BCUT2D eigenvalue weighted by Gasteiger charge is -2.34. The van der Waals surface area contributed by atoms with Gasteiger partial charge in [0.15, 0.2) is 0 Å². The predicted octanol–water partition coefficient (Wildman–Crippen LogP) is 2.88. The standard InChI is InChI=1S/C13H15Cl3N2O/c14-8-13(19)18-6-4-17(5-7-18)9-10-11(15)2-1-3-12(10)16/h1-3H,4-9H2. The first-order valence-corrected chi connectivity index (χ1v) is 7.40. The fraction of sp³-hybridized carbons (Fsp3) is 0.462. The van der Waals surface area contributed by atoms with E-state index in [1.165, 1.54) is 0 Å². The monoisotopic (exact) mass is 320 g/mol. The van der Waals surface area contributed by atoms with Crippen LogP contribution >= 0.6 is 34.8 Å². The molecule has 1 aliphatic rings. The average Bonchev–Trinajstić information content (AvgIpc) is 2.43. The van der Waals surface area contributed by atoms with Crippen molar-refractivity contribution < 1.29 is 4.79 Å². The van der Waals surface area contributed by atoms with Crippen LogP contribution in [0.2, 0.25) is 10.0 Å². The number of carbonyl (C=O) groups is 1. The third kappa shape index (κ3) is 3.76. The summed E-state index contributed by atoms with van der Waals surface area (Å²) in [4.78, 5) is 15.5. The van der Waals surface area contributed by atoms with Crippen molar-refractivity contribution in [3.63, 3.8) is 0 Å². The Morgan fingerprint density at radius 1 is 1.11 bits per heavy atom. The van der Waals surface area contributed by atoms with Gasteiger partial charge in [-0.05, 0) is 12.1 Å². The summed E-state index contributed by atoms with van der Waals surface area (Å²) in [5.74, 6) is 0.0492. The second kappa shape index (κ2) is 6.80. The van der Waals surface area contributed by atoms with Crippen LogP contribution in [0.5, 0.6) is 0 Å². The van der Waals surface area contributed by atoms with Crippen LogP contribution < -0.4 is 0 Å². The Balaban J connectivity index is 1.94. The Bertz CT molecular complexity index is 439. The van der Waals surface area contributed by atoms with E-state index in [9.17, 15) is 4.79 Å². The molecule has 2 rings (SSSR count). The van der Waals surface area contributed by atoms with Crippen molar-refractivity contribution in [2.75, 3.05) is 32.1 Å². The Morgan fingerprint density at radius 3 is 2.21 bits per heavy atom. The van der Waals surface area contributed by atoms with Crippen LogP contribution in [0.15, 0.2) is 18.2 Å². The Kier molecular flexibility index (Phi) is 5.34. The first kappa shape index (κ1) is 14.9. The van der Waals surface area contributed by atoms with Crippen LogP contribution in [0.3, 0.4) is 0 Å². The molecule has 0 saturated carbocycles. The van der Waals surface area contributed by atoms with Crippen molar-refractivity contribution >= 4 is 40.7 Å². The van der Waals surface area contributed by atoms with Gasteiger partial charge < -0.3 is 4.90 Å². The SMILES string of the molecule is O=C(CCl)N1CCN(Cc2c(Cl)cccc2Cl)CC1. The summed E-state index contributed by atoms with van der Waals surface area (Å²) in [6.07, 6.45) is 0. The van der Waals surface area contributed by atoms with Gasteiger partial charge in [-0.1, -0.05) is 29.3 Å². The number of nitrogens with zero attached hydrogens (tertiary/aromatic N) is 2. The summed E-state index contributed by atoms with van der Waals surface area (Å²) in [6.45, 7) is 3.73. The zero-order valence-electron chi connectivity index (χ0n) is 10.4. The number of halogens is 3. The first-order valence-electron chi connectivity index (χ1n) is 6.11. The van der Waals surface area contributed by atoms with E-state index in [-0.39, 0.29) is 11.8 Å². The Labute approximate surface area is 128 Å².